The molecule has 1 atom stereocenters. The summed E-state index contributed by atoms with van der Waals surface area (Å²) in [5, 5.41) is 2.68. The number of rotatable bonds is 6. The maximum atomic E-state index is 12.8. The van der Waals surface area contributed by atoms with Gasteiger partial charge in [0.1, 0.15) is 0 Å². The van der Waals surface area contributed by atoms with Crippen molar-refractivity contribution in [2.45, 2.75) is 44.0 Å². The van der Waals surface area contributed by atoms with Gasteiger partial charge >= 0.3 is 0 Å². The van der Waals surface area contributed by atoms with Crippen molar-refractivity contribution < 1.29 is 27.5 Å². The lowest BCUT2D eigenvalue weighted by molar-refractivity contribution is -0.118. The number of sulfone groups is 1. The SMILES string of the molecule is CCC(=O)N1c2ccc(S(=O)(=O)CCC(=O)Nc3ccc4c(c3)OCO4)cc2CC1C. The van der Waals surface area contributed by atoms with Crippen LogP contribution in [0.15, 0.2) is 41.3 Å². The first-order valence-corrected chi connectivity index (χ1v) is 11.8. The number of carbonyl (C=O) groups excluding carboxylic acids is 2. The van der Waals surface area contributed by atoms with Gasteiger partial charge in [0, 0.05) is 36.3 Å². The summed E-state index contributed by atoms with van der Waals surface area (Å²) in [6.07, 6.45) is 0.821. The minimum Gasteiger partial charge on any atom is -0.454 e. The van der Waals surface area contributed by atoms with Crippen molar-refractivity contribution in [3.05, 3.63) is 42.0 Å². The number of anilines is 2. The van der Waals surface area contributed by atoms with Crippen molar-refractivity contribution in [3.63, 3.8) is 0 Å². The molecule has 2 aromatic carbocycles. The van der Waals surface area contributed by atoms with Crippen LogP contribution in [0.3, 0.4) is 0 Å². The summed E-state index contributed by atoms with van der Waals surface area (Å²) in [5.41, 5.74) is 2.11. The summed E-state index contributed by atoms with van der Waals surface area (Å²) in [6.45, 7) is 3.89. The average molecular weight is 445 g/mol. The van der Waals surface area contributed by atoms with E-state index in [0.717, 1.165) is 11.3 Å². The van der Waals surface area contributed by atoms with Crippen LogP contribution in [0.2, 0.25) is 0 Å². The number of carbonyl (C=O) groups is 2. The maximum absolute atomic E-state index is 12.8. The van der Waals surface area contributed by atoms with Crippen LogP contribution in [0.1, 0.15) is 32.3 Å². The Kier molecular flexibility index (Phi) is 5.62. The van der Waals surface area contributed by atoms with Crippen molar-refractivity contribution >= 4 is 33.0 Å². The average Bonchev–Trinajstić information content (AvgIpc) is 3.34. The van der Waals surface area contributed by atoms with E-state index in [1.807, 2.05) is 6.92 Å². The van der Waals surface area contributed by atoms with E-state index in [9.17, 15) is 18.0 Å². The molecule has 1 N–H and O–H groups in total. The number of fused-ring (bicyclic) bond motifs is 2. The fourth-order valence-corrected chi connectivity index (χ4v) is 5.18. The van der Waals surface area contributed by atoms with Gasteiger partial charge in [0.25, 0.3) is 0 Å². The lowest BCUT2D eigenvalue weighted by Gasteiger charge is -2.22. The van der Waals surface area contributed by atoms with Crippen LogP contribution in [0.5, 0.6) is 11.5 Å². The highest BCUT2D eigenvalue weighted by atomic mass is 32.2. The van der Waals surface area contributed by atoms with Crippen molar-refractivity contribution in [2.24, 2.45) is 0 Å². The number of benzene rings is 2. The van der Waals surface area contributed by atoms with Gasteiger partial charge < -0.3 is 19.7 Å². The molecule has 0 aromatic heterocycles. The lowest BCUT2D eigenvalue weighted by Crippen LogP contribution is -2.35. The highest BCUT2D eigenvalue weighted by Crippen LogP contribution is 2.35. The topological polar surface area (TPSA) is 102 Å². The molecule has 2 heterocycles. The molecule has 31 heavy (non-hydrogen) atoms. The van der Waals surface area contributed by atoms with Crippen LogP contribution >= 0.6 is 0 Å². The molecule has 164 valence electrons. The van der Waals surface area contributed by atoms with Crippen molar-refractivity contribution in [3.8, 4) is 11.5 Å². The number of amides is 2. The van der Waals surface area contributed by atoms with Crippen LogP contribution in [-0.4, -0.2) is 38.8 Å². The Labute approximate surface area is 181 Å². The van der Waals surface area contributed by atoms with E-state index in [1.54, 1.807) is 42.2 Å². The van der Waals surface area contributed by atoms with Gasteiger partial charge in [-0.25, -0.2) is 8.42 Å². The molecule has 0 bridgehead atoms. The Bertz CT molecular complexity index is 1140. The predicted molar refractivity (Wildman–Crippen MR) is 115 cm³/mol. The highest BCUT2D eigenvalue weighted by Gasteiger charge is 2.31. The van der Waals surface area contributed by atoms with Crippen LogP contribution in [-0.2, 0) is 25.8 Å². The van der Waals surface area contributed by atoms with Crippen LogP contribution in [0.4, 0.5) is 11.4 Å². The van der Waals surface area contributed by atoms with Crippen molar-refractivity contribution in [2.75, 3.05) is 22.8 Å². The van der Waals surface area contributed by atoms with Crippen LogP contribution in [0.25, 0.3) is 0 Å². The number of nitrogens with one attached hydrogen (secondary N) is 1. The molecule has 2 aromatic rings. The van der Waals surface area contributed by atoms with Gasteiger partial charge in [0.2, 0.25) is 18.6 Å². The zero-order valence-electron chi connectivity index (χ0n) is 17.4. The third-order valence-corrected chi connectivity index (χ3v) is 7.16. The normalized spacial score (nSPS) is 16.8. The predicted octanol–water partition coefficient (Wildman–Crippen LogP) is 2.91. The first kappa shape index (κ1) is 21.2. The highest BCUT2D eigenvalue weighted by molar-refractivity contribution is 7.91. The van der Waals surface area contributed by atoms with E-state index in [-0.39, 0.29) is 35.8 Å². The smallest absolute Gasteiger partial charge is 0.231 e. The minimum absolute atomic E-state index is 0.00659. The van der Waals surface area contributed by atoms with Gasteiger partial charge in [-0.05, 0) is 49.2 Å². The molecule has 0 saturated heterocycles. The van der Waals surface area contributed by atoms with Crippen molar-refractivity contribution in [1.29, 1.82) is 0 Å². The number of hydrogen-bond donors (Lipinski definition) is 1. The number of ether oxygens (including phenoxy) is 2. The molecule has 2 aliphatic rings. The molecule has 4 rings (SSSR count). The summed E-state index contributed by atoms with van der Waals surface area (Å²) >= 11 is 0. The fraction of sp³-hybridized carbons (Fsp3) is 0.364. The molecular weight excluding hydrogens is 420 g/mol. The summed E-state index contributed by atoms with van der Waals surface area (Å²) < 4.78 is 36.1. The van der Waals surface area contributed by atoms with Crippen molar-refractivity contribution in [1.82, 2.24) is 0 Å². The van der Waals surface area contributed by atoms with E-state index < -0.39 is 15.7 Å². The summed E-state index contributed by atoms with van der Waals surface area (Å²) in [6, 6.07) is 9.81. The summed E-state index contributed by atoms with van der Waals surface area (Å²) in [7, 11) is -3.65. The first-order valence-electron chi connectivity index (χ1n) is 10.2. The lowest BCUT2D eigenvalue weighted by atomic mass is 10.1. The largest absolute Gasteiger partial charge is 0.454 e. The Morgan fingerprint density at radius 2 is 1.90 bits per heavy atom. The maximum Gasteiger partial charge on any atom is 0.231 e. The molecule has 0 fully saturated rings. The molecule has 1 unspecified atom stereocenters. The Morgan fingerprint density at radius 1 is 1.13 bits per heavy atom. The van der Waals surface area contributed by atoms with Crippen LogP contribution in [0, 0.1) is 0 Å². The minimum atomic E-state index is -3.65. The molecule has 2 amide bonds. The number of hydrogen-bond acceptors (Lipinski definition) is 6. The Morgan fingerprint density at radius 3 is 2.68 bits per heavy atom. The van der Waals surface area contributed by atoms with Gasteiger partial charge in [-0.1, -0.05) is 6.92 Å². The zero-order valence-corrected chi connectivity index (χ0v) is 18.2. The van der Waals surface area contributed by atoms with Gasteiger partial charge in [0.05, 0.1) is 10.6 Å². The summed E-state index contributed by atoms with van der Waals surface area (Å²) in [5.74, 6) is 0.438. The van der Waals surface area contributed by atoms with E-state index in [4.69, 9.17) is 9.47 Å². The van der Waals surface area contributed by atoms with Gasteiger partial charge in [-0.2, -0.15) is 0 Å². The third kappa shape index (κ3) is 4.23. The monoisotopic (exact) mass is 444 g/mol. The summed E-state index contributed by atoms with van der Waals surface area (Å²) in [4.78, 5) is 26.4. The molecule has 0 saturated carbocycles. The zero-order chi connectivity index (χ0) is 22.2. The molecule has 8 nitrogen and oxygen atoms in total. The van der Waals surface area contributed by atoms with Crippen LogP contribution < -0.4 is 19.7 Å². The second-order valence-corrected chi connectivity index (χ2v) is 9.76. The standard InChI is InChI=1S/C22H24N2O6S/c1-3-22(26)24-14(2)10-15-11-17(5-6-18(15)24)31(27,28)9-8-21(25)23-16-4-7-19-20(12-16)30-13-29-19/h4-7,11-12,14H,3,8-10,13H2,1-2H3,(H,23,25). The van der Waals surface area contributed by atoms with E-state index in [1.165, 1.54) is 6.07 Å². The Hall–Kier alpha value is -3.07. The van der Waals surface area contributed by atoms with Gasteiger partial charge in [0.15, 0.2) is 21.3 Å². The molecule has 0 spiro atoms. The van der Waals surface area contributed by atoms with Gasteiger partial charge in [-0.3, -0.25) is 9.59 Å². The molecule has 9 heteroatoms. The van der Waals surface area contributed by atoms with E-state index in [0.29, 0.717) is 30.0 Å². The molecule has 0 aliphatic carbocycles. The second kappa shape index (κ2) is 8.22. The second-order valence-electron chi connectivity index (χ2n) is 7.65. The number of nitrogens with zero attached hydrogens (tertiary/aromatic N) is 1. The third-order valence-electron chi connectivity index (χ3n) is 5.45. The van der Waals surface area contributed by atoms with E-state index >= 15 is 0 Å². The van der Waals surface area contributed by atoms with Gasteiger partial charge in [-0.15, -0.1) is 0 Å². The molecule has 0 radical (unpaired) electrons. The first-order chi connectivity index (χ1) is 14.8. The quantitative estimate of drug-likeness (QED) is 0.735. The Balaban J connectivity index is 1.42. The van der Waals surface area contributed by atoms with E-state index in [2.05, 4.69) is 5.32 Å². The fourth-order valence-electron chi connectivity index (χ4n) is 3.89. The molecule has 2 aliphatic heterocycles. The molecular formula is C22H24N2O6S.